The fourth-order valence-corrected chi connectivity index (χ4v) is 3.69. The average molecular weight is 394 g/mol. The first kappa shape index (κ1) is 21.2. The van der Waals surface area contributed by atoms with Gasteiger partial charge in [0.25, 0.3) is 0 Å². The molecule has 1 unspecified atom stereocenters. The maximum absolute atomic E-state index is 5.37. The van der Waals surface area contributed by atoms with E-state index in [0.717, 1.165) is 45.0 Å². The Morgan fingerprint density at radius 1 is 0.897 bits per heavy atom. The number of quaternary nitrogens is 1. The van der Waals surface area contributed by atoms with Crippen LogP contribution in [-0.4, -0.2) is 31.9 Å². The Balaban J connectivity index is 1.71. The summed E-state index contributed by atoms with van der Waals surface area (Å²) in [6.07, 6.45) is 3.24. The van der Waals surface area contributed by atoms with Crippen molar-refractivity contribution >= 4 is 0 Å². The first-order valence-corrected chi connectivity index (χ1v) is 10.3. The summed E-state index contributed by atoms with van der Waals surface area (Å²) in [5, 5.41) is 0. The Hall–Kier alpha value is -2.56. The van der Waals surface area contributed by atoms with Gasteiger partial charge in [0.2, 0.25) is 0 Å². The number of hydrogen-bond donors (Lipinski definition) is 1. The summed E-state index contributed by atoms with van der Waals surface area (Å²) in [7, 11) is 3.49. The number of aryl methyl sites for hydroxylation is 1. The summed E-state index contributed by atoms with van der Waals surface area (Å²) >= 11 is 0. The second-order valence-electron chi connectivity index (χ2n) is 7.66. The van der Waals surface area contributed by atoms with E-state index >= 15 is 0 Å². The van der Waals surface area contributed by atoms with Crippen LogP contribution in [0.3, 0.4) is 0 Å². The van der Waals surface area contributed by atoms with Crippen LogP contribution < -0.4 is 9.64 Å². The molecule has 2 aromatic carbocycles. The molecule has 0 fully saturated rings. The summed E-state index contributed by atoms with van der Waals surface area (Å²) in [5.41, 5.74) is 5.30. The molecule has 3 aromatic rings. The summed E-state index contributed by atoms with van der Waals surface area (Å²) < 4.78 is 13.0. The lowest BCUT2D eigenvalue weighted by molar-refractivity contribution is -0.928. The topological polar surface area (TPSA) is 27.8 Å². The van der Waals surface area contributed by atoms with Gasteiger partial charge >= 0.3 is 0 Å². The van der Waals surface area contributed by atoms with Gasteiger partial charge in [-0.3, -0.25) is 0 Å². The average Bonchev–Trinajstić information content (AvgIpc) is 3.16. The highest BCUT2D eigenvalue weighted by atomic mass is 16.5. The molecular formula is C25H33N2O2+. The van der Waals surface area contributed by atoms with Crippen LogP contribution >= 0.6 is 0 Å². The third-order valence-electron chi connectivity index (χ3n) is 5.30. The number of methoxy groups -OCH3 is 2. The highest BCUT2D eigenvalue weighted by Gasteiger charge is 2.14. The van der Waals surface area contributed by atoms with Crippen molar-refractivity contribution in [3.8, 4) is 5.75 Å². The predicted octanol–water partition coefficient (Wildman–Crippen LogP) is 3.48. The van der Waals surface area contributed by atoms with Gasteiger partial charge in [-0.25, -0.2) is 0 Å². The van der Waals surface area contributed by atoms with Gasteiger partial charge in [-0.05, 0) is 36.8 Å². The Labute approximate surface area is 174 Å². The first-order chi connectivity index (χ1) is 14.2. The number of hydrogen-bond acceptors (Lipinski definition) is 2. The van der Waals surface area contributed by atoms with Crippen LogP contribution in [0.1, 0.15) is 28.8 Å². The fraction of sp³-hybridized carbons (Fsp3) is 0.360. The number of nitrogens with one attached hydrogen (secondary N) is 1. The quantitative estimate of drug-likeness (QED) is 0.505. The summed E-state index contributed by atoms with van der Waals surface area (Å²) in [6, 6.07) is 21.6. The maximum atomic E-state index is 5.37. The third kappa shape index (κ3) is 6.48. The van der Waals surface area contributed by atoms with Crippen LogP contribution in [0.25, 0.3) is 0 Å². The van der Waals surface area contributed by atoms with Crippen molar-refractivity contribution in [3.63, 3.8) is 0 Å². The molecule has 0 spiro atoms. The molecule has 1 atom stereocenters. The lowest BCUT2D eigenvalue weighted by Gasteiger charge is -2.21. The van der Waals surface area contributed by atoms with E-state index in [4.69, 9.17) is 9.47 Å². The SMILES string of the molecule is COCCC[NH+](Cc1ccc(C)cc1)Cc1cccn1Cc1cccc(OC)c1. The molecule has 154 valence electrons. The third-order valence-corrected chi connectivity index (χ3v) is 5.30. The Morgan fingerprint density at radius 3 is 2.48 bits per heavy atom. The lowest BCUT2D eigenvalue weighted by atomic mass is 10.1. The molecule has 0 aliphatic heterocycles. The van der Waals surface area contributed by atoms with Crippen LogP contribution in [0.15, 0.2) is 66.9 Å². The largest absolute Gasteiger partial charge is 0.497 e. The first-order valence-electron chi connectivity index (χ1n) is 10.3. The molecule has 3 rings (SSSR count). The van der Waals surface area contributed by atoms with Crippen LogP contribution in [0, 0.1) is 6.92 Å². The van der Waals surface area contributed by atoms with Crippen molar-refractivity contribution in [3.05, 3.63) is 89.2 Å². The van der Waals surface area contributed by atoms with Gasteiger partial charge in [0.15, 0.2) is 0 Å². The van der Waals surface area contributed by atoms with Crippen LogP contribution in [0.2, 0.25) is 0 Å². The van der Waals surface area contributed by atoms with Gasteiger partial charge < -0.3 is 18.9 Å². The summed E-state index contributed by atoms with van der Waals surface area (Å²) in [5.74, 6) is 0.905. The number of rotatable bonds is 11. The molecule has 4 heteroatoms. The zero-order valence-corrected chi connectivity index (χ0v) is 17.9. The van der Waals surface area contributed by atoms with E-state index in [-0.39, 0.29) is 0 Å². The van der Waals surface area contributed by atoms with Gasteiger partial charge in [0.1, 0.15) is 18.8 Å². The highest BCUT2D eigenvalue weighted by Crippen LogP contribution is 2.15. The lowest BCUT2D eigenvalue weighted by Crippen LogP contribution is -3.09. The normalized spacial score (nSPS) is 12.1. The number of ether oxygens (including phenoxy) is 2. The molecule has 0 aliphatic rings. The van der Waals surface area contributed by atoms with Crippen molar-refractivity contribution in [2.75, 3.05) is 27.4 Å². The molecule has 1 N–H and O–H groups in total. The van der Waals surface area contributed by atoms with Gasteiger partial charge in [-0.1, -0.05) is 42.0 Å². The van der Waals surface area contributed by atoms with Crippen molar-refractivity contribution in [2.24, 2.45) is 0 Å². The monoisotopic (exact) mass is 393 g/mol. The van der Waals surface area contributed by atoms with E-state index in [1.807, 2.05) is 6.07 Å². The molecular weight excluding hydrogens is 360 g/mol. The van der Waals surface area contributed by atoms with Crippen molar-refractivity contribution in [2.45, 2.75) is 33.0 Å². The van der Waals surface area contributed by atoms with Crippen molar-refractivity contribution in [1.82, 2.24) is 4.57 Å². The second-order valence-corrected chi connectivity index (χ2v) is 7.66. The van der Waals surface area contributed by atoms with Gasteiger partial charge in [0, 0.05) is 31.8 Å². The molecule has 4 nitrogen and oxygen atoms in total. The van der Waals surface area contributed by atoms with Gasteiger partial charge in [0.05, 0.1) is 26.0 Å². The zero-order valence-electron chi connectivity index (χ0n) is 17.9. The molecule has 0 radical (unpaired) electrons. The van der Waals surface area contributed by atoms with Crippen LogP contribution in [-0.2, 0) is 24.4 Å². The number of benzene rings is 2. The maximum Gasteiger partial charge on any atom is 0.119 e. The Bertz CT molecular complexity index is 871. The predicted molar refractivity (Wildman–Crippen MR) is 117 cm³/mol. The molecule has 29 heavy (non-hydrogen) atoms. The van der Waals surface area contributed by atoms with E-state index in [1.54, 1.807) is 19.1 Å². The van der Waals surface area contributed by atoms with Gasteiger partial charge in [-0.15, -0.1) is 0 Å². The Morgan fingerprint density at radius 2 is 1.72 bits per heavy atom. The minimum Gasteiger partial charge on any atom is -0.497 e. The minimum absolute atomic E-state index is 0.808. The highest BCUT2D eigenvalue weighted by molar-refractivity contribution is 5.29. The summed E-state index contributed by atoms with van der Waals surface area (Å²) in [6.45, 7) is 6.91. The van der Waals surface area contributed by atoms with E-state index in [1.165, 1.54) is 22.4 Å². The summed E-state index contributed by atoms with van der Waals surface area (Å²) in [4.78, 5) is 1.55. The van der Waals surface area contributed by atoms with E-state index in [9.17, 15) is 0 Å². The smallest absolute Gasteiger partial charge is 0.119 e. The number of aromatic nitrogens is 1. The van der Waals surface area contributed by atoms with Crippen molar-refractivity contribution < 1.29 is 14.4 Å². The molecule has 0 aliphatic carbocycles. The standard InChI is InChI=1S/C25H32N2O2/c1-21-10-12-22(13-11-21)18-26(14-6-16-28-2)20-24-8-5-15-27(24)19-23-7-4-9-25(17-23)29-3/h4-5,7-13,15,17H,6,14,16,18-20H2,1-3H3/p+1. The van der Waals surface area contributed by atoms with Crippen LogP contribution in [0.5, 0.6) is 5.75 Å². The zero-order chi connectivity index (χ0) is 20.5. The molecule has 1 aromatic heterocycles. The molecule has 1 heterocycles. The second kappa shape index (κ2) is 10.8. The fourth-order valence-electron chi connectivity index (χ4n) is 3.69. The molecule has 0 saturated heterocycles. The molecule has 0 bridgehead atoms. The van der Waals surface area contributed by atoms with Crippen molar-refractivity contribution in [1.29, 1.82) is 0 Å². The van der Waals surface area contributed by atoms with E-state index < -0.39 is 0 Å². The van der Waals surface area contributed by atoms with Gasteiger partial charge in [-0.2, -0.15) is 0 Å². The molecule has 0 amide bonds. The minimum atomic E-state index is 0.808. The Kier molecular flexibility index (Phi) is 7.91. The van der Waals surface area contributed by atoms with Crippen LogP contribution in [0.4, 0.5) is 0 Å². The van der Waals surface area contributed by atoms with E-state index in [0.29, 0.717) is 0 Å². The van der Waals surface area contributed by atoms with E-state index in [2.05, 4.69) is 72.3 Å². The molecule has 0 saturated carbocycles. The number of nitrogens with zero attached hydrogens (tertiary/aromatic N) is 1.